The SMILES string of the molecule is O=C(Nc1ccc(CCN2CCOCC2)cc1)c1cccc(N2CCNC2=O)c1. The Morgan fingerprint density at radius 2 is 1.86 bits per heavy atom. The summed E-state index contributed by atoms with van der Waals surface area (Å²) in [5.41, 5.74) is 3.26. The summed E-state index contributed by atoms with van der Waals surface area (Å²) in [6.07, 6.45) is 0.980. The summed E-state index contributed by atoms with van der Waals surface area (Å²) in [5.74, 6) is -0.187. The Morgan fingerprint density at radius 1 is 1.07 bits per heavy atom. The van der Waals surface area contributed by atoms with Gasteiger partial charge >= 0.3 is 6.03 Å². The molecular weight excluding hydrogens is 368 g/mol. The molecule has 0 aromatic heterocycles. The van der Waals surface area contributed by atoms with Crippen LogP contribution >= 0.6 is 0 Å². The number of hydrogen-bond donors (Lipinski definition) is 2. The number of morpholine rings is 1. The molecule has 7 heteroatoms. The molecule has 0 atom stereocenters. The van der Waals surface area contributed by atoms with Crippen LogP contribution in [0.15, 0.2) is 48.5 Å². The maximum Gasteiger partial charge on any atom is 0.321 e. The molecule has 2 aromatic rings. The molecule has 2 aliphatic rings. The summed E-state index contributed by atoms with van der Waals surface area (Å²) in [6, 6.07) is 15.0. The first-order valence-electron chi connectivity index (χ1n) is 10.0. The lowest BCUT2D eigenvalue weighted by Gasteiger charge is -2.26. The van der Waals surface area contributed by atoms with Gasteiger partial charge in [0.05, 0.1) is 13.2 Å². The predicted molar refractivity (Wildman–Crippen MR) is 113 cm³/mol. The minimum absolute atomic E-state index is 0.129. The van der Waals surface area contributed by atoms with Crippen LogP contribution in [-0.4, -0.2) is 62.8 Å². The first-order chi connectivity index (χ1) is 14.2. The van der Waals surface area contributed by atoms with Crippen molar-refractivity contribution in [2.45, 2.75) is 6.42 Å². The second kappa shape index (κ2) is 9.07. The highest BCUT2D eigenvalue weighted by molar-refractivity contribution is 6.05. The number of carbonyl (C=O) groups is 2. The van der Waals surface area contributed by atoms with E-state index in [0.717, 1.165) is 50.6 Å². The molecule has 7 nitrogen and oxygen atoms in total. The fraction of sp³-hybridized carbons (Fsp3) is 0.364. The molecule has 2 fully saturated rings. The summed E-state index contributed by atoms with van der Waals surface area (Å²) >= 11 is 0. The lowest BCUT2D eigenvalue weighted by Crippen LogP contribution is -2.37. The molecule has 0 saturated carbocycles. The number of nitrogens with zero attached hydrogens (tertiary/aromatic N) is 2. The molecule has 2 aliphatic heterocycles. The van der Waals surface area contributed by atoms with Crippen LogP contribution in [0.1, 0.15) is 15.9 Å². The molecule has 4 rings (SSSR count). The number of anilines is 2. The van der Waals surface area contributed by atoms with E-state index in [9.17, 15) is 9.59 Å². The summed E-state index contributed by atoms with van der Waals surface area (Å²) < 4.78 is 5.38. The fourth-order valence-corrected chi connectivity index (χ4v) is 3.60. The number of nitrogens with one attached hydrogen (secondary N) is 2. The Balaban J connectivity index is 1.34. The van der Waals surface area contributed by atoms with Crippen molar-refractivity contribution in [3.8, 4) is 0 Å². The topological polar surface area (TPSA) is 73.9 Å². The second-order valence-electron chi connectivity index (χ2n) is 7.29. The molecule has 0 bridgehead atoms. The van der Waals surface area contributed by atoms with E-state index in [4.69, 9.17) is 4.74 Å². The van der Waals surface area contributed by atoms with Gasteiger partial charge in [-0.2, -0.15) is 0 Å². The molecule has 2 aromatic carbocycles. The average Bonchev–Trinajstić information content (AvgIpc) is 3.20. The molecule has 2 N–H and O–H groups in total. The van der Waals surface area contributed by atoms with Crippen LogP contribution in [0.25, 0.3) is 0 Å². The number of hydrogen-bond acceptors (Lipinski definition) is 4. The number of benzene rings is 2. The highest BCUT2D eigenvalue weighted by Gasteiger charge is 2.21. The van der Waals surface area contributed by atoms with Gasteiger partial charge in [0.2, 0.25) is 0 Å². The Bertz CT molecular complexity index is 863. The van der Waals surface area contributed by atoms with Crippen molar-refractivity contribution in [2.75, 3.05) is 56.2 Å². The highest BCUT2D eigenvalue weighted by atomic mass is 16.5. The van der Waals surface area contributed by atoms with Crippen LogP contribution < -0.4 is 15.5 Å². The number of carbonyl (C=O) groups excluding carboxylic acids is 2. The van der Waals surface area contributed by atoms with Gasteiger partial charge in [-0.05, 0) is 42.3 Å². The van der Waals surface area contributed by atoms with Crippen LogP contribution in [0, 0.1) is 0 Å². The van der Waals surface area contributed by atoms with Crippen molar-refractivity contribution in [1.29, 1.82) is 0 Å². The molecule has 0 radical (unpaired) electrons. The minimum Gasteiger partial charge on any atom is -0.379 e. The molecule has 0 spiro atoms. The van der Waals surface area contributed by atoms with Crippen LogP contribution in [0.5, 0.6) is 0 Å². The Kier molecular flexibility index (Phi) is 6.07. The van der Waals surface area contributed by atoms with E-state index in [0.29, 0.717) is 18.7 Å². The average molecular weight is 394 g/mol. The quantitative estimate of drug-likeness (QED) is 0.789. The van der Waals surface area contributed by atoms with E-state index in [1.165, 1.54) is 5.56 Å². The first kappa shape index (κ1) is 19.4. The molecule has 29 heavy (non-hydrogen) atoms. The van der Waals surface area contributed by atoms with Gasteiger partial charge in [-0.3, -0.25) is 14.6 Å². The number of ether oxygens (including phenoxy) is 1. The molecule has 0 aliphatic carbocycles. The van der Waals surface area contributed by atoms with Gasteiger partial charge < -0.3 is 15.4 Å². The standard InChI is InChI=1S/C22H26N4O3/c27-21(18-2-1-3-20(16-18)26-11-9-23-22(26)28)24-19-6-4-17(5-7-19)8-10-25-12-14-29-15-13-25/h1-7,16H,8-15H2,(H,23,28)(H,24,27). The molecule has 3 amide bonds. The second-order valence-corrected chi connectivity index (χ2v) is 7.29. The van der Waals surface area contributed by atoms with E-state index in [1.54, 1.807) is 23.1 Å². The first-order valence-corrected chi connectivity index (χ1v) is 10.0. The number of amides is 3. The van der Waals surface area contributed by atoms with E-state index >= 15 is 0 Å². The summed E-state index contributed by atoms with van der Waals surface area (Å²) in [5, 5.41) is 5.71. The van der Waals surface area contributed by atoms with Crippen molar-refractivity contribution >= 4 is 23.3 Å². The smallest absolute Gasteiger partial charge is 0.321 e. The molecule has 0 unspecified atom stereocenters. The van der Waals surface area contributed by atoms with Crippen LogP contribution in [0.3, 0.4) is 0 Å². The van der Waals surface area contributed by atoms with Gasteiger partial charge in [-0.25, -0.2) is 4.79 Å². The summed E-state index contributed by atoms with van der Waals surface area (Å²) in [7, 11) is 0. The maximum atomic E-state index is 12.6. The van der Waals surface area contributed by atoms with Crippen molar-refractivity contribution in [1.82, 2.24) is 10.2 Å². The van der Waals surface area contributed by atoms with Gasteiger partial charge in [0.25, 0.3) is 5.91 Å². The fourth-order valence-electron chi connectivity index (χ4n) is 3.60. The predicted octanol–water partition coefficient (Wildman–Crippen LogP) is 2.34. The minimum atomic E-state index is -0.187. The Labute approximate surface area is 170 Å². The van der Waals surface area contributed by atoms with Crippen molar-refractivity contribution in [2.24, 2.45) is 0 Å². The zero-order valence-electron chi connectivity index (χ0n) is 16.4. The third-order valence-electron chi connectivity index (χ3n) is 5.31. The van der Waals surface area contributed by atoms with Gasteiger partial charge in [0, 0.05) is 49.7 Å². The molecule has 2 saturated heterocycles. The van der Waals surface area contributed by atoms with Gasteiger partial charge in [0.1, 0.15) is 0 Å². The van der Waals surface area contributed by atoms with Crippen LogP contribution in [0.2, 0.25) is 0 Å². The van der Waals surface area contributed by atoms with Crippen LogP contribution in [-0.2, 0) is 11.2 Å². The monoisotopic (exact) mass is 394 g/mol. The van der Waals surface area contributed by atoms with Crippen LogP contribution in [0.4, 0.5) is 16.2 Å². The Morgan fingerprint density at radius 3 is 2.59 bits per heavy atom. The van der Waals surface area contributed by atoms with Crippen molar-refractivity contribution in [3.05, 3.63) is 59.7 Å². The van der Waals surface area contributed by atoms with E-state index < -0.39 is 0 Å². The van der Waals surface area contributed by atoms with Gasteiger partial charge in [-0.1, -0.05) is 18.2 Å². The van der Waals surface area contributed by atoms with E-state index in [1.807, 2.05) is 18.2 Å². The molecule has 152 valence electrons. The van der Waals surface area contributed by atoms with Crippen molar-refractivity contribution < 1.29 is 14.3 Å². The van der Waals surface area contributed by atoms with E-state index in [2.05, 4.69) is 27.7 Å². The summed E-state index contributed by atoms with van der Waals surface area (Å²) in [4.78, 5) is 28.5. The zero-order chi connectivity index (χ0) is 20.1. The van der Waals surface area contributed by atoms with Gasteiger partial charge in [0.15, 0.2) is 0 Å². The van der Waals surface area contributed by atoms with Gasteiger partial charge in [-0.15, -0.1) is 0 Å². The largest absolute Gasteiger partial charge is 0.379 e. The summed E-state index contributed by atoms with van der Waals surface area (Å²) in [6.45, 7) is 5.86. The zero-order valence-corrected chi connectivity index (χ0v) is 16.4. The number of urea groups is 1. The maximum absolute atomic E-state index is 12.6. The third-order valence-corrected chi connectivity index (χ3v) is 5.31. The highest BCUT2D eigenvalue weighted by Crippen LogP contribution is 2.19. The molecule has 2 heterocycles. The normalized spacial score (nSPS) is 17.2. The lowest BCUT2D eigenvalue weighted by molar-refractivity contribution is 0.0384. The lowest BCUT2D eigenvalue weighted by atomic mass is 10.1. The Hall–Kier alpha value is -2.90. The third kappa shape index (κ3) is 4.93. The number of rotatable bonds is 6. The molecular formula is C22H26N4O3. The van der Waals surface area contributed by atoms with E-state index in [-0.39, 0.29) is 11.9 Å². The van der Waals surface area contributed by atoms with Crippen molar-refractivity contribution in [3.63, 3.8) is 0 Å².